The van der Waals surface area contributed by atoms with Crippen molar-refractivity contribution in [2.75, 3.05) is 59.9 Å². The zero-order valence-electron chi connectivity index (χ0n) is 15.3. The fourth-order valence-corrected chi connectivity index (χ4v) is 2.91. The number of aliphatic imine (C=N–C) groups is 1. The van der Waals surface area contributed by atoms with E-state index in [2.05, 4.69) is 54.2 Å². The molecule has 0 saturated carbocycles. The number of nitrogens with one attached hydrogen (secondary N) is 2. The highest BCUT2D eigenvalue weighted by molar-refractivity contribution is 5.79. The molecule has 8 nitrogen and oxygen atoms in total. The standard InChI is InChI=1S/C16H32N8/c1-4-15-21-20-14-24(15)11-7-19-16(17-2)18-6-10-23-9-5-8-22(3)12-13-23/h14H,4-13H2,1-3H3,(H2,17,18,19). The molecule has 0 aromatic carbocycles. The van der Waals surface area contributed by atoms with Crippen LogP contribution in [0.15, 0.2) is 11.3 Å². The molecule has 0 spiro atoms. The van der Waals surface area contributed by atoms with Gasteiger partial charge >= 0.3 is 0 Å². The molecule has 1 aromatic heterocycles. The first-order valence-electron chi connectivity index (χ1n) is 8.95. The van der Waals surface area contributed by atoms with Gasteiger partial charge in [0.15, 0.2) is 5.96 Å². The van der Waals surface area contributed by atoms with Gasteiger partial charge in [0.1, 0.15) is 12.2 Å². The second-order valence-corrected chi connectivity index (χ2v) is 6.22. The first-order valence-corrected chi connectivity index (χ1v) is 8.95. The molecular weight excluding hydrogens is 304 g/mol. The second kappa shape index (κ2) is 10.2. The number of hydrogen-bond acceptors (Lipinski definition) is 5. The lowest BCUT2D eigenvalue weighted by Crippen LogP contribution is -2.43. The van der Waals surface area contributed by atoms with Crippen molar-refractivity contribution in [1.29, 1.82) is 0 Å². The number of likely N-dealkylation sites (N-methyl/N-ethyl adjacent to an activating group) is 1. The number of aromatic nitrogens is 3. The lowest BCUT2D eigenvalue weighted by Gasteiger charge is -2.21. The third-order valence-corrected chi connectivity index (χ3v) is 4.41. The van der Waals surface area contributed by atoms with E-state index in [4.69, 9.17) is 0 Å². The second-order valence-electron chi connectivity index (χ2n) is 6.22. The van der Waals surface area contributed by atoms with Crippen molar-refractivity contribution < 1.29 is 0 Å². The van der Waals surface area contributed by atoms with Crippen molar-refractivity contribution in [2.45, 2.75) is 26.3 Å². The predicted molar refractivity (Wildman–Crippen MR) is 97.3 cm³/mol. The summed E-state index contributed by atoms with van der Waals surface area (Å²) in [7, 11) is 4.01. The Hall–Kier alpha value is -1.67. The van der Waals surface area contributed by atoms with Gasteiger partial charge in [-0.3, -0.25) is 4.99 Å². The van der Waals surface area contributed by atoms with Crippen LogP contribution < -0.4 is 10.6 Å². The van der Waals surface area contributed by atoms with Crippen molar-refractivity contribution in [3.05, 3.63) is 12.2 Å². The Bertz CT molecular complexity index is 498. The van der Waals surface area contributed by atoms with E-state index in [-0.39, 0.29) is 0 Å². The molecule has 0 unspecified atom stereocenters. The van der Waals surface area contributed by atoms with Crippen molar-refractivity contribution >= 4 is 5.96 Å². The van der Waals surface area contributed by atoms with E-state index >= 15 is 0 Å². The molecule has 0 aliphatic carbocycles. The van der Waals surface area contributed by atoms with Gasteiger partial charge < -0.3 is 25.0 Å². The Morgan fingerprint density at radius 3 is 2.71 bits per heavy atom. The molecule has 0 bridgehead atoms. The zero-order chi connectivity index (χ0) is 17.2. The highest BCUT2D eigenvalue weighted by Gasteiger charge is 2.11. The van der Waals surface area contributed by atoms with E-state index in [0.29, 0.717) is 0 Å². The fraction of sp³-hybridized carbons (Fsp3) is 0.812. The predicted octanol–water partition coefficient (Wildman–Crippen LogP) is -0.357. The van der Waals surface area contributed by atoms with Crippen LogP contribution in [-0.4, -0.2) is 90.4 Å². The smallest absolute Gasteiger partial charge is 0.191 e. The van der Waals surface area contributed by atoms with Crippen LogP contribution >= 0.6 is 0 Å². The van der Waals surface area contributed by atoms with Crippen LogP contribution in [0.1, 0.15) is 19.2 Å². The summed E-state index contributed by atoms with van der Waals surface area (Å²) in [5.74, 6) is 1.87. The average molecular weight is 336 g/mol. The van der Waals surface area contributed by atoms with E-state index in [9.17, 15) is 0 Å². The van der Waals surface area contributed by atoms with Crippen LogP contribution in [-0.2, 0) is 13.0 Å². The molecule has 0 atom stereocenters. The molecule has 0 amide bonds. The third-order valence-electron chi connectivity index (χ3n) is 4.41. The Balaban J connectivity index is 1.63. The van der Waals surface area contributed by atoms with E-state index < -0.39 is 0 Å². The van der Waals surface area contributed by atoms with E-state index in [0.717, 1.165) is 57.5 Å². The minimum Gasteiger partial charge on any atom is -0.355 e. The van der Waals surface area contributed by atoms with Crippen LogP contribution in [0.5, 0.6) is 0 Å². The van der Waals surface area contributed by atoms with Gasteiger partial charge in [-0.25, -0.2) is 0 Å². The van der Waals surface area contributed by atoms with Crippen LogP contribution in [0.3, 0.4) is 0 Å². The molecule has 1 aliphatic heterocycles. The van der Waals surface area contributed by atoms with Crippen molar-refractivity contribution in [2.24, 2.45) is 4.99 Å². The van der Waals surface area contributed by atoms with Crippen molar-refractivity contribution in [3.63, 3.8) is 0 Å². The normalized spacial score (nSPS) is 17.7. The Morgan fingerprint density at radius 2 is 1.96 bits per heavy atom. The molecule has 1 fully saturated rings. The molecule has 0 radical (unpaired) electrons. The molecule has 2 rings (SSSR count). The third kappa shape index (κ3) is 6.09. The molecule has 8 heteroatoms. The Morgan fingerprint density at radius 1 is 1.17 bits per heavy atom. The highest BCUT2D eigenvalue weighted by atomic mass is 15.3. The highest BCUT2D eigenvalue weighted by Crippen LogP contribution is 1.99. The molecule has 2 heterocycles. The fourth-order valence-electron chi connectivity index (χ4n) is 2.91. The monoisotopic (exact) mass is 336 g/mol. The number of guanidine groups is 1. The topological polar surface area (TPSA) is 73.6 Å². The SMILES string of the molecule is CCc1nncn1CCNC(=NC)NCCN1CCCN(C)CC1. The van der Waals surface area contributed by atoms with Gasteiger partial charge in [0.2, 0.25) is 0 Å². The minimum atomic E-state index is 0.805. The lowest BCUT2D eigenvalue weighted by molar-refractivity contribution is 0.280. The first-order chi connectivity index (χ1) is 11.7. The zero-order valence-corrected chi connectivity index (χ0v) is 15.3. The summed E-state index contributed by atoms with van der Waals surface area (Å²) in [6.45, 7) is 10.4. The van der Waals surface area contributed by atoms with Gasteiger partial charge in [-0.15, -0.1) is 10.2 Å². The summed E-state index contributed by atoms with van der Waals surface area (Å²) in [4.78, 5) is 9.22. The largest absolute Gasteiger partial charge is 0.355 e. The van der Waals surface area contributed by atoms with Crippen molar-refractivity contribution in [3.8, 4) is 0 Å². The van der Waals surface area contributed by atoms with Crippen LogP contribution in [0.2, 0.25) is 0 Å². The summed E-state index contributed by atoms with van der Waals surface area (Å²) < 4.78 is 2.08. The van der Waals surface area contributed by atoms with Crippen LogP contribution in [0.4, 0.5) is 0 Å². The van der Waals surface area contributed by atoms with Gasteiger partial charge in [-0.05, 0) is 26.6 Å². The number of aryl methyl sites for hydroxylation is 1. The van der Waals surface area contributed by atoms with Crippen molar-refractivity contribution in [1.82, 2.24) is 35.2 Å². The van der Waals surface area contributed by atoms with Crippen LogP contribution in [0.25, 0.3) is 0 Å². The van der Waals surface area contributed by atoms with Crippen LogP contribution in [0, 0.1) is 0 Å². The average Bonchev–Trinajstić information content (AvgIpc) is 2.95. The maximum Gasteiger partial charge on any atom is 0.191 e. The van der Waals surface area contributed by atoms with Gasteiger partial charge in [-0.1, -0.05) is 6.92 Å². The molecular formula is C16H32N8. The molecule has 2 N–H and O–H groups in total. The van der Waals surface area contributed by atoms with Gasteiger partial charge in [0.05, 0.1) is 0 Å². The van der Waals surface area contributed by atoms with Gasteiger partial charge in [-0.2, -0.15) is 0 Å². The van der Waals surface area contributed by atoms with E-state index in [1.165, 1.54) is 19.5 Å². The Labute approximate surface area is 145 Å². The van der Waals surface area contributed by atoms with Gasteiger partial charge in [0, 0.05) is 52.7 Å². The van der Waals surface area contributed by atoms with E-state index in [1.807, 2.05) is 7.05 Å². The van der Waals surface area contributed by atoms with E-state index in [1.54, 1.807) is 6.33 Å². The lowest BCUT2D eigenvalue weighted by atomic mass is 10.4. The van der Waals surface area contributed by atoms with Gasteiger partial charge in [0.25, 0.3) is 0 Å². The summed E-state index contributed by atoms with van der Waals surface area (Å²) >= 11 is 0. The molecule has 24 heavy (non-hydrogen) atoms. The molecule has 136 valence electrons. The quantitative estimate of drug-likeness (QED) is 0.523. The summed E-state index contributed by atoms with van der Waals surface area (Å²) in [5, 5.41) is 14.8. The number of rotatable bonds is 7. The Kier molecular flexibility index (Phi) is 7.97. The maximum absolute atomic E-state index is 4.29. The minimum absolute atomic E-state index is 0.805. The number of nitrogens with zero attached hydrogens (tertiary/aromatic N) is 6. The summed E-state index contributed by atoms with van der Waals surface area (Å²) in [5.41, 5.74) is 0. The summed E-state index contributed by atoms with van der Waals surface area (Å²) in [6.07, 6.45) is 3.94. The first kappa shape index (κ1) is 18.7. The number of hydrogen-bond donors (Lipinski definition) is 2. The summed E-state index contributed by atoms with van der Waals surface area (Å²) in [6, 6.07) is 0. The maximum atomic E-state index is 4.29. The molecule has 1 aromatic rings. The molecule has 1 aliphatic rings. The molecule has 1 saturated heterocycles.